The van der Waals surface area contributed by atoms with Gasteiger partial charge in [-0.3, -0.25) is 14.9 Å². The maximum atomic E-state index is 14.7. The Kier molecular flexibility index (Phi) is 8.62. The molecule has 1 aliphatic carbocycles. The number of fused-ring (bicyclic) bond motifs is 2. The highest BCUT2D eigenvalue weighted by Gasteiger charge is 2.19. The van der Waals surface area contributed by atoms with Gasteiger partial charge in [0.1, 0.15) is 29.5 Å². The van der Waals surface area contributed by atoms with Crippen LogP contribution < -0.4 is 10.1 Å². The summed E-state index contributed by atoms with van der Waals surface area (Å²) in [4.78, 5) is 31.7. The second-order valence-corrected chi connectivity index (χ2v) is 12.5. The largest absolute Gasteiger partial charge is 0.492 e. The molecule has 1 saturated carbocycles. The first-order chi connectivity index (χ1) is 22.9. The minimum Gasteiger partial charge on any atom is -0.492 e. The molecule has 0 bridgehead atoms. The Bertz CT molecular complexity index is 2050. The molecule has 0 unspecified atom stereocenters. The number of nitrogens with zero attached hydrogens (tertiary/aromatic N) is 5. The molecule has 47 heavy (non-hydrogen) atoms. The zero-order valence-electron chi connectivity index (χ0n) is 26.5. The fourth-order valence-electron chi connectivity index (χ4n) is 6.35. The number of pyridine rings is 3. The molecule has 0 saturated heterocycles. The summed E-state index contributed by atoms with van der Waals surface area (Å²) in [5, 5.41) is 12.3. The van der Waals surface area contributed by atoms with Crippen LogP contribution in [0.15, 0.2) is 67.3 Å². The normalized spacial score (nSPS) is 13.9. The van der Waals surface area contributed by atoms with Crippen LogP contribution in [0.4, 0.5) is 10.1 Å². The molecule has 3 N–H and O–H groups in total. The van der Waals surface area contributed by atoms with Gasteiger partial charge in [0, 0.05) is 59.5 Å². The van der Waals surface area contributed by atoms with E-state index in [0.717, 1.165) is 52.5 Å². The number of benzene rings is 1. The number of ether oxygens (including phenoxy) is 1. The summed E-state index contributed by atoms with van der Waals surface area (Å²) in [6.07, 6.45) is 13.4. The number of carbonyl (C=O) groups excluding carboxylic acids is 1. The molecule has 240 valence electrons. The lowest BCUT2D eigenvalue weighted by Crippen LogP contribution is -2.19. The van der Waals surface area contributed by atoms with Crippen LogP contribution in [0.5, 0.6) is 5.75 Å². The monoisotopic (exact) mass is 632 g/mol. The van der Waals surface area contributed by atoms with E-state index in [1.54, 1.807) is 24.8 Å². The number of anilines is 1. The van der Waals surface area contributed by atoms with Crippen molar-refractivity contribution >= 4 is 33.7 Å². The number of H-pyrrole nitrogens is 2. The Balaban J connectivity index is 1.16. The third kappa shape index (κ3) is 6.85. The number of nitrogens with one attached hydrogen (secondary N) is 3. The Hall–Kier alpha value is -5.16. The molecule has 1 amide bonds. The molecule has 1 aromatic carbocycles. The summed E-state index contributed by atoms with van der Waals surface area (Å²) in [6.45, 7) is 1.17. The van der Waals surface area contributed by atoms with E-state index < -0.39 is 0 Å². The number of carbonyl (C=O) groups is 1. The van der Waals surface area contributed by atoms with Gasteiger partial charge in [0.15, 0.2) is 5.65 Å². The standard InChI is InChI=1S/C36H37FN8O2/c1-45(2)10-11-47-28-15-23(13-26(37)17-28)29-8-9-39-35-30(29)18-32(42-35)34-31-16-25(20-40-36(31)44-43-34)24-14-27(21-38-19-24)41-33(46)12-22-6-4-3-5-7-22/h8-9,13-22H,3-7,10-12H2,1-2H3,(H,39,42)(H,41,46)(H,40,43,44). The van der Waals surface area contributed by atoms with Crippen molar-refractivity contribution in [1.82, 2.24) is 35.0 Å². The number of halogens is 1. The Labute approximate surface area is 271 Å². The van der Waals surface area contributed by atoms with Crippen LogP contribution in [-0.4, -0.2) is 68.2 Å². The van der Waals surface area contributed by atoms with Crippen molar-refractivity contribution in [3.63, 3.8) is 0 Å². The van der Waals surface area contributed by atoms with Crippen LogP contribution >= 0.6 is 0 Å². The number of likely N-dealkylation sites (N-methyl/N-ethyl adjacent to an activating group) is 1. The van der Waals surface area contributed by atoms with Gasteiger partial charge in [-0.2, -0.15) is 5.10 Å². The molecule has 5 heterocycles. The summed E-state index contributed by atoms with van der Waals surface area (Å²) < 4.78 is 20.5. The van der Waals surface area contributed by atoms with E-state index in [0.29, 0.717) is 52.9 Å². The number of amides is 1. The summed E-state index contributed by atoms with van der Waals surface area (Å²) in [5.41, 5.74) is 6.54. The quantitative estimate of drug-likeness (QED) is 0.146. The zero-order chi connectivity index (χ0) is 32.3. The van der Waals surface area contributed by atoms with Gasteiger partial charge < -0.3 is 19.9 Å². The van der Waals surface area contributed by atoms with Gasteiger partial charge in [-0.15, -0.1) is 0 Å². The van der Waals surface area contributed by atoms with Crippen molar-refractivity contribution in [2.45, 2.75) is 38.5 Å². The summed E-state index contributed by atoms with van der Waals surface area (Å²) >= 11 is 0. The third-order valence-corrected chi connectivity index (χ3v) is 8.75. The average molecular weight is 633 g/mol. The Morgan fingerprint density at radius 1 is 0.957 bits per heavy atom. The average Bonchev–Trinajstić information content (AvgIpc) is 3.69. The third-order valence-electron chi connectivity index (χ3n) is 8.75. The Morgan fingerprint density at radius 3 is 2.66 bits per heavy atom. The highest BCUT2D eigenvalue weighted by atomic mass is 19.1. The van der Waals surface area contributed by atoms with E-state index in [4.69, 9.17) is 4.74 Å². The van der Waals surface area contributed by atoms with Crippen molar-refractivity contribution in [3.8, 4) is 39.4 Å². The molecule has 0 atom stereocenters. The predicted molar refractivity (Wildman–Crippen MR) is 181 cm³/mol. The van der Waals surface area contributed by atoms with Crippen molar-refractivity contribution < 1.29 is 13.9 Å². The van der Waals surface area contributed by atoms with Crippen LogP contribution in [0, 0.1) is 11.7 Å². The van der Waals surface area contributed by atoms with Gasteiger partial charge in [0.25, 0.3) is 0 Å². The van der Waals surface area contributed by atoms with Gasteiger partial charge >= 0.3 is 0 Å². The van der Waals surface area contributed by atoms with Gasteiger partial charge in [0.05, 0.1) is 17.6 Å². The second-order valence-electron chi connectivity index (χ2n) is 12.5. The second kappa shape index (κ2) is 13.3. The lowest BCUT2D eigenvalue weighted by molar-refractivity contribution is -0.117. The Morgan fingerprint density at radius 2 is 1.81 bits per heavy atom. The number of hydrogen-bond acceptors (Lipinski definition) is 7. The van der Waals surface area contributed by atoms with E-state index in [-0.39, 0.29) is 11.7 Å². The van der Waals surface area contributed by atoms with Crippen LogP contribution in [0.25, 0.3) is 55.7 Å². The van der Waals surface area contributed by atoms with Crippen molar-refractivity contribution in [3.05, 3.63) is 73.1 Å². The SMILES string of the molecule is CN(C)CCOc1cc(F)cc(-c2ccnc3[nH]c(-c4n[nH]c5ncc(-c6cncc(NC(=O)CC7CCCCC7)c6)cc45)cc23)c1. The van der Waals surface area contributed by atoms with Crippen LogP contribution in [0.1, 0.15) is 38.5 Å². The number of rotatable bonds is 10. The van der Waals surface area contributed by atoms with Gasteiger partial charge in [-0.05, 0) is 80.4 Å². The smallest absolute Gasteiger partial charge is 0.224 e. The molecule has 6 aromatic rings. The summed E-state index contributed by atoms with van der Waals surface area (Å²) in [7, 11) is 3.93. The molecule has 7 rings (SSSR count). The lowest BCUT2D eigenvalue weighted by atomic mass is 9.87. The predicted octanol–water partition coefficient (Wildman–Crippen LogP) is 7.22. The number of hydrogen-bond donors (Lipinski definition) is 3. The van der Waals surface area contributed by atoms with Crippen molar-refractivity contribution in [1.29, 1.82) is 0 Å². The van der Waals surface area contributed by atoms with E-state index in [1.165, 1.54) is 31.4 Å². The van der Waals surface area contributed by atoms with Crippen LogP contribution in [0.2, 0.25) is 0 Å². The first-order valence-corrected chi connectivity index (χ1v) is 16.1. The van der Waals surface area contributed by atoms with E-state index in [1.807, 2.05) is 49.3 Å². The molecule has 0 spiro atoms. The minimum absolute atomic E-state index is 0.0275. The van der Waals surface area contributed by atoms with Gasteiger partial charge in [0.2, 0.25) is 5.91 Å². The highest BCUT2D eigenvalue weighted by Crippen LogP contribution is 2.36. The topological polar surface area (TPSA) is 125 Å². The molecule has 5 aromatic heterocycles. The summed E-state index contributed by atoms with van der Waals surface area (Å²) in [6, 6.07) is 12.5. The summed E-state index contributed by atoms with van der Waals surface area (Å²) in [5.74, 6) is 0.587. The maximum Gasteiger partial charge on any atom is 0.224 e. The van der Waals surface area contributed by atoms with E-state index in [9.17, 15) is 9.18 Å². The van der Waals surface area contributed by atoms with Gasteiger partial charge in [-0.25, -0.2) is 14.4 Å². The van der Waals surface area contributed by atoms with Gasteiger partial charge in [-0.1, -0.05) is 19.3 Å². The maximum absolute atomic E-state index is 14.7. The first kappa shape index (κ1) is 30.5. The first-order valence-electron chi connectivity index (χ1n) is 16.1. The van der Waals surface area contributed by atoms with Crippen molar-refractivity contribution in [2.24, 2.45) is 5.92 Å². The molecular formula is C36H37FN8O2. The van der Waals surface area contributed by atoms with Crippen LogP contribution in [0.3, 0.4) is 0 Å². The molecule has 1 aliphatic rings. The zero-order valence-corrected chi connectivity index (χ0v) is 26.5. The van der Waals surface area contributed by atoms with E-state index in [2.05, 4.69) is 35.5 Å². The molecule has 11 heteroatoms. The van der Waals surface area contributed by atoms with Crippen LogP contribution in [-0.2, 0) is 4.79 Å². The number of aromatic nitrogens is 6. The molecule has 10 nitrogen and oxygen atoms in total. The van der Waals surface area contributed by atoms with E-state index >= 15 is 0 Å². The minimum atomic E-state index is -0.373. The molecular weight excluding hydrogens is 595 g/mol. The molecule has 1 fully saturated rings. The fourth-order valence-corrected chi connectivity index (χ4v) is 6.35. The lowest BCUT2D eigenvalue weighted by Gasteiger charge is -2.20. The molecule has 0 aliphatic heterocycles. The highest BCUT2D eigenvalue weighted by molar-refractivity contribution is 6.00. The van der Waals surface area contributed by atoms with Crippen molar-refractivity contribution in [2.75, 3.05) is 32.6 Å². The molecule has 0 radical (unpaired) electrons. The number of aromatic amines is 2. The fraction of sp³-hybridized carbons (Fsp3) is 0.306.